The number of aryl methyl sites for hydroxylation is 2. The predicted molar refractivity (Wildman–Crippen MR) is 128 cm³/mol. The Morgan fingerprint density at radius 3 is 2.76 bits per heavy atom. The van der Waals surface area contributed by atoms with Crippen LogP contribution in [0.25, 0.3) is 5.65 Å². The number of nitrogens with two attached hydrogens (primary N) is 1. The number of ether oxygens (including phenoxy) is 1. The summed E-state index contributed by atoms with van der Waals surface area (Å²) in [6.07, 6.45) is 5.95. The van der Waals surface area contributed by atoms with E-state index in [0.717, 1.165) is 67.1 Å². The van der Waals surface area contributed by atoms with Crippen LogP contribution in [0.3, 0.4) is 0 Å². The van der Waals surface area contributed by atoms with Gasteiger partial charge in [0, 0.05) is 43.5 Å². The highest BCUT2D eigenvalue weighted by Crippen LogP contribution is 2.34. The molecule has 174 valence electrons. The number of piperidine rings is 1. The Balaban J connectivity index is 1.48. The van der Waals surface area contributed by atoms with Crippen LogP contribution in [0.5, 0.6) is 5.75 Å². The number of hydrogen-bond acceptors (Lipinski definition) is 6. The Hall–Kier alpha value is -3.13. The largest absolute Gasteiger partial charge is 0.496 e. The summed E-state index contributed by atoms with van der Waals surface area (Å²) >= 11 is 0. The Labute approximate surface area is 194 Å². The van der Waals surface area contributed by atoms with Crippen LogP contribution in [0.15, 0.2) is 30.5 Å². The average molecular weight is 449 g/mol. The Morgan fingerprint density at radius 1 is 1.15 bits per heavy atom. The number of fused-ring (bicyclic) bond motifs is 1. The summed E-state index contributed by atoms with van der Waals surface area (Å²) in [5.41, 5.74) is 10.5. The van der Waals surface area contributed by atoms with Gasteiger partial charge in [0.1, 0.15) is 11.6 Å². The molecule has 0 aliphatic carbocycles. The molecular weight excluding hydrogens is 416 g/mol. The van der Waals surface area contributed by atoms with Crippen molar-refractivity contribution in [2.45, 2.75) is 51.6 Å². The number of methoxy groups -OCH3 is 1. The molecule has 4 heterocycles. The van der Waals surface area contributed by atoms with Crippen LogP contribution in [0.1, 0.15) is 58.9 Å². The molecule has 2 aliphatic heterocycles. The van der Waals surface area contributed by atoms with Gasteiger partial charge in [0.05, 0.1) is 24.4 Å². The van der Waals surface area contributed by atoms with Crippen molar-refractivity contribution in [3.8, 4) is 5.75 Å². The van der Waals surface area contributed by atoms with Crippen LogP contribution in [0.2, 0.25) is 0 Å². The van der Waals surface area contributed by atoms with E-state index in [1.807, 2.05) is 46.8 Å². The SMILES string of the molecule is COc1ccc(C)cc1C(=O)N1CCCCC1c1cc2nc(N3CCC(N)C3)c(C)cn2n1. The number of amides is 1. The lowest BCUT2D eigenvalue weighted by Crippen LogP contribution is -2.39. The van der Waals surface area contributed by atoms with E-state index < -0.39 is 0 Å². The zero-order valence-electron chi connectivity index (χ0n) is 19.6. The Morgan fingerprint density at radius 2 is 2.00 bits per heavy atom. The van der Waals surface area contributed by atoms with E-state index in [-0.39, 0.29) is 18.0 Å². The molecule has 8 heteroatoms. The molecule has 3 aromatic rings. The summed E-state index contributed by atoms with van der Waals surface area (Å²) in [7, 11) is 1.61. The predicted octanol–water partition coefficient (Wildman–Crippen LogP) is 3.26. The zero-order chi connectivity index (χ0) is 23.1. The summed E-state index contributed by atoms with van der Waals surface area (Å²) in [5, 5.41) is 4.85. The van der Waals surface area contributed by atoms with Gasteiger partial charge in [0.15, 0.2) is 5.65 Å². The van der Waals surface area contributed by atoms with Crippen molar-refractivity contribution >= 4 is 17.4 Å². The topological polar surface area (TPSA) is 89.0 Å². The second kappa shape index (κ2) is 8.67. The normalized spacial score (nSPS) is 21.1. The molecule has 5 rings (SSSR count). The van der Waals surface area contributed by atoms with Crippen molar-refractivity contribution in [3.05, 3.63) is 52.8 Å². The van der Waals surface area contributed by atoms with Crippen molar-refractivity contribution in [2.75, 3.05) is 31.6 Å². The molecule has 1 aromatic carbocycles. The number of carbonyl (C=O) groups excluding carboxylic acids is 1. The second-order valence-electron chi connectivity index (χ2n) is 9.33. The van der Waals surface area contributed by atoms with Crippen LogP contribution in [-0.2, 0) is 0 Å². The maximum Gasteiger partial charge on any atom is 0.258 e. The zero-order valence-corrected chi connectivity index (χ0v) is 19.6. The van der Waals surface area contributed by atoms with Gasteiger partial charge < -0.3 is 20.3 Å². The number of benzene rings is 1. The van der Waals surface area contributed by atoms with Crippen molar-refractivity contribution in [3.63, 3.8) is 0 Å². The van der Waals surface area contributed by atoms with Gasteiger partial charge in [-0.25, -0.2) is 9.50 Å². The first-order valence-corrected chi connectivity index (χ1v) is 11.8. The molecule has 0 saturated carbocycles. The molecule has 2 fully saturated rings. The van der Waals surface area contributed by atoms with Gasteiger partial charge in [-0.1, -0.05) is 11.6 Å². The summed E-state index contributed by atoms with van der Waals surface area (Å²) in [4.78, 5) is 22.8. The molecule has 0 spiro atoms. The fraction of sp³-hybridized carbons (Fsp3) is 0.480. The third kappa shape index (κ3) is 4.04. The molecule has 2 atom stereocenters. The summed E-state index contributed by atoms with van der Waals surface area (Å²) < 4.78 is 7.34. The van der Waals surface area contributed by atoms with Gasteiger partial charge in [0.25, 0.3) is 5.91 Å². The number of rotatable bonds is 4. The molecule has 2 unspecified atom stereocenters. The molecule has 2 saturated heterocycles. The van der Waals surface area contributed by atoms with E-state index >= 15 is 0 Å². The molecular formula is C25H32N6O2. The first kappa shape index (κ1) is 21.7. The van der Waals surface area contributed by atoms with Crippen LogP contribution in [-0.4, -0.2) is 58.2 Å². The Bertz CT molecular complexity index is 1190. The third-order valence-electron chi connectivity index (χ3n) is 6.84. The number of nitrogens with zero attached hydrogens (tertiary/aromatic N) is 5. The highest BCUT2D eigenvalue weighted by atomic mass is 16.5. The maximum atomic E-state index is 13.6. The second-order valence-corrected chi connectivity index (χ2v) is 9.33. The van der Waals surface area contributed by atoms with Gasteiger partial charge in [-0.2, -0.15) is 5.10 Å². The number of hydrogen-bond donors (Lipinski definition) is 1. The van der Waals surface area contributed by atoms with E-state index in [2.05, 4.69) is 11.8 Å². The highest BCUT2D eigenvalue weighted by molar-refractivity contribution is 5.97. The van der Waals surface area contributed by atoms with Gasteiger partial charge in [-0.3, -0.25) is 4.79 Å². The van der Waals surface area contributed by atoms with Gasteiger partial charge in [-0.15, -0.1) is 0 Å². The summed E-state index contributed by atoms with van der Waals surface area (Å²) in [6.45, 7) is 6.51. The minimum Gasteiger partial charge on any atom is -0.496 e. The molecule has 2 N–H and O–H groups in total. The first-order chi connectivity index (χ1) is 15.9. The maximum absolute atomic E-state index is 13.6. The van der Waals surface area contributed by atoms with E-state index in [0.29, 0.717) is 17.9 Å². The van der Waals surface area contributed by atoms with E-state index in [1.54, 1.807) is 7.11 Å². The number of anilines is 1. The van der Waals surface area contributed by atoms with Crippen LogP contribution in [0.4, 0.5) is 5.82 Å². The monoisotopic (exact) mass is 448 g/mol. The number of likely N-dealkylation sites (tertiary alicyclic amines) is 1. The molecule has 0 radical (unpaired) electrons. The van der Waals surface area contributed by atoms with Crippen LogP contribution < -0.4 is 15.4 Å². The minimum atomic E-state index is -0.0814. The smallest absolute Gasteiger partial charge is 0.258 e. The lowest BCUT2D eigenvalue weighted by Gasteiger charge is -2.35. The molecule has 1 amide bonds. The minimum absolute atomic E-state index is 0.00631. The third-order valence-corrected chi connectivity index (χ3v) is 6.84. The number of aromatic nitrogens is 3. The van der Waals surface area contributed by atoms with E-state index in [4.69, 9.17) is 20.6 Å². The lowest BCUT2D eigenvalue weighted by molar-refractivity contribution is 0.0602. The van der Waals surface area contributed by atoms with Crippen molar-refractivity contribution in [2.24, 2.45) is 5.73 Å². The fourth-order valence-corrected chi connectivity index (χ4v) is 5.11. The van der Waals surface area contributed by atoms with Crippen molar-refractivity contribution in [1.29, 1.82) is 0 Å². The molecule has 2 aromatic heterocycles. The fourth-order valence-electron chi connectivity index (χ4n) is 5.11. The summed E-state index contributed by atoms with van der Waals surface area (Å²) in [5.74, 6) is 1.58. The first-order valence-electron chi connectivity index (χ1n) is 11.8. The molecule has 33 heavy (non-hydrogen) atoms. The van der Waals surface area contributed by atoms with E-state index in [9.17, 15) is 4.79 Å². The van der Waals surface area contributed by atoms with Crippen molar-refractivity contribution in [1.82, 2.24) is 19.5 Å². The van der Waals surface area contributed by atoms with Gasteiger partial charge in [0.2, 0.25) is 0 Å². The van der Waals surface area contributed by atoms with Gasteiger partial charge in [-0.05, 0) is 51.7 Å². The molecule has 2 aliphatic rings. The van der Waals surface area contributed by atoms with E-state index in [1.165, 1.54) is 0 Å². The van der Waals surface area contributed by atoms with Crippen LogP contribution >= 0.6 is 0 Å². The quantitative estimate of drug-likeness (QED) is 0.659. The van der Waals surface area contributed by atoms with Crippen molar-refractivity contribution < 1.29 is 9.53 Å². The summed E-state index contributed by atoms with van der Waals surface area (Å²) in [6, 6.07) is 7.89. The molecule has 0 bridgehead atoms. The lowest BCUT2D eigenvalue weighted by atomic mass is 9.97. The van der Waals surface area contributed by atoms with Crippen LogP contribution in [0, 0.1) is 13.8 Å². The van der Waals surface area contributed by atoms with Gasteiger partial charge >= 0.3 is 0 Å². The average Bonchev–Trinajstić information content (AvgIpc) is 3.43. The number of carbonyl (C=O) groups is 1. The standard InChI is InChI=1S/C25H32N6O2/c1-16-7-8-22(33-3)19(12-16)25(32)30-10-5-4-6-21(30)20-13-23-27-24(17(2)14-31(23)28-20)29-11-9-18(26)15-29/h7-8,12-14,18,21H,4-6,9-11,15,26H2,1-3H3. The highest BCUT2D eigenvalue weighted by Gasteiger charge is 2.32. The molecule has 8 nitrogen and oxygen atoms in total. The Kier molecular flexibility index (Phi) is 5.70.